The second-order valence-corrected chi connectivity index (χ2v) is 10.1. The Kier molecular flexibility index (Phi) is 6.43. The van der Waals surface area contributed by atoms with E-state index in [2.05, 4.69) is 12.2 Å². The molecule has 6 nitrogen and oxygen atoms in total. The van der Waals surface area contributed by atoms with Crippen molar-refractivity contribution in [2.45, 2.75) is 69.7 Å². The lowest BCUT2D eigenvalue weighted by Crippen LogP contribution is -2.41. The minimum atomic E-state index is -3.54. The molecule has 0 radical (unpaired) electrons. The Morgan fingerprint density at radius 3 is 2.68 bits per heavy atom. The highest BCUT2D eigenvalue weighted by molar-refractivity contribution is 7.91. The lowest BCUT2D eigenvalue weighted by Gasteiger charge is -2.29. The second-order valence-electron chi connectivity index (χ2n) is 7.94. The number of benzene rings is 1. The van der Waals surface area contributed by atoms with E-state index in [0.717, 1.165) is 30.5 Å². The number of amides is 2. The molecule has 1 aromatic carbocycles. The highest BCUT2D eigenvalue weighted by Gasteiger charge is 2.27. The molecule has 3 rings (SSSR count). The van der Waals surface area contributed by atoms with Crippen molar-refractivity contribution in [3.8, 4) is 0 Å². The van der Waals surface area contributed by atoms with Crippen LogP contribution in [-0.2, 0) is 25.8 Å². The van der Waals surface area contributed by atoms with Gasteiger partial charge in [-0.25, -0.2) is 8.42 Å². The number of carbonyl (C=O) groups excluding carboxylic acids is 2. The minimum absolute atomic E-state index is 0.0247. The fraction of sp³-hybridized carbons (Fsp3) is 0.619. The maximum Gasteiger partial charge on any atom is 0.226 e. The maximum absolute atomic E-state index is 12.7. The molecule has 7 heteroatoms. The van der Waals surface area contributed by atoms with Crippen LogP contribution in [0.15, 0.2) is 23.1 Å². The molecule has 1 heterocycles. The Morgan fingerprint density at radius 1 is 1.21 bits per heavy atom. The number of nitrogens with one attached hydrogen (secondary N) is 1. The van der Waals surface area contributed by atoms with Crippen LogP contribution in [0.25, 0.3) is 0 Å². The third-order valence-corrected chi connectivity index (χ3v) is 7.68. The van der Waals surface area contributed by atoms with Crippen LogP contribution in [0.4, 0.5) is 5.69 Å². The maximum atomic E-state index is 12.7. The Bertz CT molecular complexity index is 850. The first-order valence-electron chi connectivity index (χ1n) is 10.3. The predicted octanol–water partition coefficient (Wildman–Crippen LogP) is 2.84. The zero-order chi connectivity index (χ0) is 20.3. The molecular formula is C21H30N2O4S. The number of carbonyl (C=O) groups is 2. The largest absolute Gasteiger partial charge is 0.353 e. The topological polar surface area (TPSA) is 83.6 Å². The van der Waals surface area contributed by atoms with Gasteiger partial charge in [0.05, 0.1) is 10.6 Å². The van der Waals surface area contributed by atoms with Gasteiger partial charge in [0.25, 0.3) is 0 Å². The quantitative estimate of drug-likeness (QED) is 0.787. The van der Waals surface area contributed by atoms with Crippen molar-refractivity contribution in [1.82, 2.24) is 5.32 Å². The molecule has 0 spiro atoms. The standard InChI is InChI=1S/C21H30N2O4S/c1-3-21(25)23-12-10-16-14-17(8-9-19(16)23)28(26,27)13-11-20(24)22-18-7-5-4-6-15(18)2/h8-9,14-15,18H,3-7,10-13H2,1-2H3,(H,22,24). The van der Waals surface area contributed by atoms with Gasteiger partial charge in [-0.05, 0) is 48.9 Å². The summed E-state index contributed by atoms with van der Waals surface area (Å²) in [7, 11) is -3.54. The van der Waals surface area contributed by atoms with Crippen molar-refractivity contribution in [3.05, 3.63) is 23.8 Å². The number of anilines is 1. The van der Waals surface area contributed by atoms with E-state index in [1.807, 2.05) is 6.92 Å². The molecule has 1 aromatic rings. The smallest absolute Gasteiger partial charge is 0.226 e. The summed E-state index contributed by atoms with van der Waals surface area (Å²) >= 11 is 0. The van der Waals surface area contributed by atoms with Gasteiger partial charge in [0, 0.05) is 31.1 Å². The van der Waals surface area contributed by atoms with Crippen LogP contribution in [0.2, 0.25) is 0 Å². The molecule has 0 bridgehead atoms. The number of nitrogens with zero attached hydrogens (tertiary/aromatic N) is 1. The van der Waals surface area contributed by atoms with Crippen LogP contribution >= 0.6 is 0 Å². The number of hydrogen-bond donors (Lipinski definition) is 1. The molecule has 1 fully saturated rings. The van der Waals surface area contributed by atoms with Crippen LogP contribution in [0.5, 0.6) is 0 Å². The highest BCUT2D eigenvalue weighted by Crippen LogP contribution is 2.31. The van der Waals surface area contributed by atoms with E-state index in [1.165, 1.54) is 6.42 Å². The van der Waals surface area contributed by atoms with Crippen molar-refractivity contribution < 1.29 is 18.0 Å². The summed E-state index contributed by atoms with van der Waals surface area (Å²) in [6.07, 6.45) is 5.44. The Labute approximate surface area is 167 Å². The van der Waals surface area contributed by atoms with Crippen molar-refractivity contribution in [1.29, 1.82) is 0 Å². The molecule has 2 unspecified atom stereocenters. The Morgan fingerprint density at radius 2 is 1.96 bits per heavy atom. The SMILES string of the molecule is CCC(=O)N1CCc2cc(S(=O)(=O)CCC(=O)NC3CCCCC3C)ccc21. The van der Waals surface area contributed by atoms with Crippen molar-refractivity contribution in [2.75, 3.05) is 17.2 Å². The summed E-state index contributed by atoms with van der Waals surface area (Å²) < 4.78 is 25.4. The number of fused-ring (bicyclic) bond motifs is 1. The summed E-state index contributed by atoms with van der Waals surface area (Å²) in [6, 6.07) is 5.09. The molecule has 0 saturated heterocycles. The number of rotatable bonds is 6. The molecule has 2 aliphatic rings. The molecular weight excluding hydrogens is 376 g/mol. The lowest BCUT2D eigenvalue weighted by molar-refractivity contribution is -0.122. The van der Waals surface area contributed by atoms with Gasteiger partial charge in [-0.2, -0.15) is 0 Å². The molecule has 2 atom stereocenters. The predicted molar refractivity (Wildman–Crippen MR) is 109 cm³/mol. The zero-order valence-corrected chi connectivity index (χ0v) is 17.6. The minimum Gasteiger partial charge on any atom is -0.353 e. The fourth-order valence-electron chi connectivity index (χ4n) is 4.18. The highest BCUT2D eigenvalue weighted by atomic mass is 32.2. The zero-order valence-electron chi connectivity index (χ0n) is 16.7. The molecule has 28 heavy (non-hydrogen) atoms. The monoisotopic (exact) mass is 406 g/mol. The van der Waals surface area contributed by atoms with Gasteiger partial charge in [0.2, 0.25) is 11.8 Å². The van der Waals surface area contributed by atoms with Gasteiger partial charge >= 0.3 is 0 Å². The fourth-order valence-corrected chi connectivity index (χ4v) is 5.46. The Balaban J connectivity index is 1.62. The second kappa shape index (κ2) is 8.64. The van der Waals surface area contributed by atoms with E-state index in [4.69, 9.17) is 0 Å². The summed E-state index contributed by atoms with van der Waals surface area (Å²) in [5, 5.41) is 3.01. The average molecular weight is 407 g/mol. The van der Waals surface area contributed by atoms with Crippen LogP contribution in [0.3, 0.4) is 0 Å². The van der Waals surface area contributed by atoms with Gasteiger partial charge < -0.3 is 10.2 Å². The van der Waals surface area contributed by atoms with E-state index >= 15 is 0 Å². The summed E-state index contributed by atoms with van der Waals surface area (Å²) in [5.41, 5.74) is 1.68. The van der Waals surface area contributed by atoms with Crippen LogP contribution in [0, 0.1) is 5.92 Å². The van der Waals surface area contributed by atoms with E-state index in [1.54, 1.807) is 23.1 Å². The van der Waals surface area contributed by atoms with E-state index in [9.17, 15) is 18.0 Å². The molecule has 1 saturated carbocycles. The molecule has 1 N–H and O–H groups in total. The number of hydrogen-bond acceptors (Lipinski definition) is 4. The van der Waals surface area contributed by atoms with E-state index in [0.29, 0.717) is 25.3 Å². The van der Waals surface area contributed by atoms with Crippen molar-refractivity contribution >= 4 is 27.3 Å². The van der Waals surface area contributed by atoms with Gasteiger partial charge in [-0.15, -0.1) is 0 Å². The third-order valence-electron chi connectivity index (χ3n) is 5.96. The lowest BCUT2D eigenvalue weighted by atomic mass is 9.86. The molecule has 0 aromatic heterocycles. The van der Waals surface area contributed by atoms with Gasteiger partial charge in [-0.3, -0.25) is 9.59 Å². The van der Waals surface area contributed by atoms with Crippen LogP contribution < -0.4 is 10.2 Å². The first-order chi connectivity index (χ1) is 13.3. The molecule has 1 aliphatic heterocycles. The summed E-state index contributed by atoms with van der Waals surface area (Å²) in [6.45, 7) is 4.55. The van der Waals surface area contributed by atoms with Gasteiger partial charge in [-0.1, -0.05) is 26.7 Å². The first kappa shape index (κ1) is 20.8. The molecule has 2 amide bonds. The number of sulfone groups is 1. The van der Waals surface area contributed by atoms with Gasteiger partial charge in [0.1, 0.15) is 0 Å². The normalized spacial score (nSPS) is 22.0. The van der Waals surface area contributed by atoms with Crippen LogP contribution in [0.1, 0.15) is 57.9 Å². The van der Waals surface area contributed by atoms with Crippen LogP contribution in [-0.4, -0.2) is 38.6 Å². The van der Waals surface area contributed by atoms with Gasteiger partial charge in [0.15, 0.2) is 9.84 Å². The third kappa shape index (κ3) is 4.57. The van der Waals surface area contributed by atoms with E-state index in [-0.39, 0.29) is 34.9 Å². The average Bonchev–Trinajstić information content (AvgIpc) is 3.11. The molecule has 1 aliphatic carbocycles. The Hall–Kier alpha value is -1.89. The summed E-state index contributed by atoms with van der Waals surface area (Å²) in [5.74, 6) is 0.0991. The van der Waals surface area contributed by atoms with E-state index < -0.39 is 9.84 Å². The summed E-state index contributed by atoms with van der Waals surface area (Å²) in [4.78, 5) is 26.2. The first-order valence-corrected chi connectivity index (χ1v) is 11.9. The molecule has 154 valence electrons. The van der Waals surface area contributed by atoms with Crippen molar-refractivity contribution in [2.24, 2.45) is 5.92 Å². The van der Waals surface area contributed by atoms with Crippen molar-refractivity contribution in [3.63, 3.8) is 0 Å².